The molecule has 0 unspecified atom stereocenters. The van der Waals surface area contributed by atoms with Gasteiger partial charge in [-0.1, -0.05) is 24.3 Å². The molecule has 0 spiro atoms. The fraction of sp³-hybridized carbons (Fsp3) is 0.0556. The fourth-order valence-corrected chi connectivity index (χ4v) is 3.07. The van der Waals surface area contributed by atoms with E-state index in [0.29, 0.717) is 27.1 Å². The van der Waals surface area contributed by atoms with Gasteiger partial charge in [-0.15, -0.1) is 0 Å². The number of thioether (sulfide) groups is 1. The molecule has 7 heteroatoms. The molecule has 126 valence electrons. The number of amides is 1. The zero-order valence-electron chi connectivity index (χ0n) is 13.2. The van der Waals surface area contributed by atoms with Crippen molar-refractivity contribution in [3.63, 3.8) is 0 Å². The molecule has 0 radical (unpaired) electrons. The summed E-state index contributed by atoms with van der Waals surface area (Å²) in [6.45, 7) is 0. The average molecular weight is 354 g/mol. The number of ether oxygens (including phenoxy) is 1. The Morgan fingerprint density at radius 1 is 1.24 bits per heavy atom. The Labute approximate surface area is 148 Å². The molecule has 0 atom stereocenters. The Balaban J connectivity index is 1.88. The number of carbonyl (C=O) groups excluding carboxylic acids is 1. The number of aromatic carboxylic acids is 1. The van der Waals surface area contributed by atoms with E-state index in [0.717, 1.165) is 11.8 Å². The number of methoxy groups -OCH3 is 1. The molecule has 2 aromatic carbocycles. The minimum atomic E-state index is -1.04. The molecule has 25 heavy (non-hydrogen) atoms. The number of hydrogen-bond acceptors (Lipinski definition) is 5. The molecule has 1 heterocycles. The lowest BCUT2D eigenvalue weighted by Gasteiger charge is -2.01. The van der Waals surface area contributed by atoms with E-state index in [1.807, 2.05) is 0 Å². The van der Waals surface area contributed by atoms with E-state index < -0.39 is 5.97 Å². The van der Waals surface area contributed by atoms with E-state index in [-0.39, 0.29) is 11.5 Å². The predicted molar refractivity (Wildman–Crippen MR) is 97.2 cm³/mol. The first kappa shape index (κ1) is 16.8. The molecule has 1 aliphatic rings. The zero-order valence-corrected chi connectivity index (χ0v) is 14.0. The van der Waals surface area contributed by atoms with Crippen LogP contribution in [0.25, 0.3) is 6.08 Å². The van der Waals surface area contributed by atoms with Gasteiger partial charge in [-0.3, -0.25) is 4.79 Å². The van der Waals surface area contributed by atoms with Gasteiger partial charge in [-0.2, -0.15) is 0 Å². The number of aliphatic imine (C=N–C) groups is 1. The molecule has 3 rings (SSSR count). The van der Waals surface area contributed by atoms with Crippen LogP contribution in [0, 0.1) is 0 Å². The maximum absolute atomic E-state index is 12.1. The molecule has 0 bridgehead atoms. The summed E-state index contributed by atoms with van der Waals surface area (Å²) in [6.07, 6.45) is 1.55. The van der Waals surface area contributed by atoms with Gasteiger partial charge in [0.25, 0.3) is 5.91 Å². The minimum absolute atomic E-state index is 0.140. The van der Waals surface area contributed by atoms with Gasteiger partial charge in [0, 0.05) is 6.07 Å². The first-order valence-corrected chi connectivity index (χ1v) is 8.14. The van der Waals surface area contributed by atoms with Gasteiger partial charge in [-0.05, 0) is 41.6 Å². The molecule has 1 amide bonds. The van der Waals surface area contributed by atoms with Crippen molar-refractivity contribution in [2.45, 2.75) is 0 Å². The van der Waals surface area contributed by atoms with Crippen molar-refractivity contribution < 1.29 is 19.4 Å². The van der Waals surface area contributed by atoms with Crippen LogP contribution in [0.4, 0.5) is 5.69 Å². The molecule has 1 fully saturated rings. The van der Waals surface area contributed by atoms with Crippen molar-refractivity contribution in [3.05, 3.63) is 64.6 Å². The summed E-state index contributed by atoms with van der Waals surface area (Å²) in [5, 5.41) is 12.3. The van der Waals surface area contributed by atoms with Crippen LogP contribution in [0.1, 0.15) is 15.9 Å². The van der Waals surface area contributed by atoms with Gasteiger partial charge in [0.05, 0.1) is 23.3 Å². The maximum Gasteiger partial charge on any atom is 0.336 e. The van der Waals surface area contributed by atoms with Crippen molar-refractivity contribution in [1.82, 2.24) is 5.32 Å². The smallest absolute Gasteiger partial charge is 0.336 e. The molecular weight excluding hydrogens is 340 g/mol. The predicted octanol–water partition coefficient (Wildman–Crippen LogP) is 3.29. The van der Waals surface area contributed by atoms with Crippen LogP contribution in [-0.2, 0) is 4.79 Å². The second kappa shape index (κ2) is 7.23. The van der Waals surface area contributed by atoms with E-state index >= 15 is 0 Å². The van der Waals surface area contributed by atoms with Crippen LogP contribution < -0.4 is 10.1 Å². The topological polar surface area (TPSA) is 88.0 Å². The van der Waals surface area contributed by atoms with Gasteiger partial charge < -0.3 is 15.2 Å². The van der Waals surface area contributed by atoms with E-state index in [4.69, 9.17) is 4.74 Å². The standard InChI is InChI=1S/C18H14N2O4S/c1-24-13-7-4-6-12(10-13)19-18-20-16(21)15(25-18)9-11-5-2-3-8-14(11)17(22)23/h2-10H,1H3,(H,22,23)(H,19,20,21)/b15-9+. The summed E-state index contributed by atoms with van der Waals surface area (Å²) >= 11 is 1.16. The lowest BCUT2D eigenvalue weighted by molar-refractivity contribution is -0.115. The summed E-state index contributed by atoms with van der Waals surface area (Å²) in [6, 6.07) is 13.7. The quantitative estimate of drug-likeness (QED) is 0.823. The molecule has 0 aliphatic carbocycles. The summed E-state index contributed by atoms with van der Waals surface area (Å²) in [5.74, 6) is -0.685. The first-order valence-electron chi connectivity index (χ1n) is 7.33. The van der Waals surface area contributed by atoms with Crippen LogP contribution in [0.2, 0.25) is 0 Å². The van der Waals surface area contributed by atoms with E-state index in [1.54, 1.807) is 55.7 Å². The molecule has 6 nitrogen and oxygen atoms in total. The van der Waals surface area contributed by atoms with E-state index in [1.165, 1.54) is 6.07 Å². The van der Waals surface area contributed by atoms with Crippen molar-refractivity contribution in [2.75, 3.05) is 7.11 Å². The minimum Gasteiger partial charge on any atom is -0.497 e. The van der Waals surface area contributed by atoms with Gasteiger partial charge >= 0.3 is 5.97 Å². The molecule has 1 saturated heterocycles. The number of carbonyl (C=O) groups is 2. The highest BCUT2D eigenvalue weighted by molar-refractivity contribution is 8.18. The van der Waals surface area contributed by atoms with Crippen LogP contribution in [-0.4, -0.2) is 29.3 Å². The average Bonchev–Trinajstić information content (AvgIpc) is 2.94. The number of nitrogens with zero attached hydrogens (tertiary/aromatic N) is 1. The second-order valence-corrected chi connectivity index (χ2v) is 6.11. The maximum atomic E-state index is 12.1. The SMILES string of the molecule is COc1cccc(N=C2NC(=O)/C(=C\c3ccccc3C(=O)O)S2)c1. The lowest BCUT2D eigenvalue weighted by Crippen LogP contribution is -2.19. The Morgan fingerprint density at radius 3 is 2.80 bits per heavy atom. The van der Waals surface area contributed by atoms with Crippen molar-refractivity contribution in [2.24, 2.45) is 4.99 Å². The van der Waals surface area contributed by atoms with Gasteiger partial charge in [0.15, 0.2) is 5.17 Å². The number of hydrogen-bond donors (Lipinski definition) is 2. The third-order valence-corrected chi connectivity index (χ3v) is 4.32. The second-order valence-electron chi connectivity index (χ2n) is 5.08. The molecule has 2 aromatic rings. The van der Waals surface area contributed by atoms with Crippen LogP contribution in [0.15, 0.2) is 58.4 Å². The van der Waals surface area contributed by atoms with Crippen molar-refractivity contribution in [1.29, 1.82) is 0 Å². The number of carboxylic acid groups (broad SMARTS) is 1. The highest BCUT2D eigenvalue weighted by Crippen LogP contribution is 2.29. The van der Waals surface area contributed by atoms with Crippen molar-refractivity contribution in [3.8, 4) is 5.75 Å². The lowest BCUT2D eigenvalue weighted by atomic mass is 10.1. The molecule has 2 N–H and O–H groups in total. The van der Waals surface area contributed by atoms with Crippen LogP contribution in [0.3, 0.4) is 0 Å². The first-order chi connectivity index (χ1) is 12.1. The molecule has 0 aromatic heterocycles. The van der Waals surface area contributed by atoms with Crippen molar-refractivity contribution >= 4 is 40.6 Å². The Hall–Kier alpha value is -3.06. The number of benzene rings is 2. The van der Waals surface area contributed by atoms with Crippen LogP contribution >= 0.6 is 11.8 Å². The third kappa shape index (κ3) is 3.89. The molecule has 1 aliphatic heterocycles. The Morgan fingerprint density at radius 2 is 2.04 bits per heavy atom. The van der Waals surface area contributed by atoms with E-state index in [2.05, 4.69) is 10.3 Å². The number of nitrogens with one attached hydrogen (secondary N) is 1. The van der Waals surface area contributed by atoms with Gasteiger partial charge in [0.1, 0.15) is 5.75 Å². The normalized spacial score (nSPS) is 16.9. The highest BCUT2D eigenvalue weighted by atomic mass is 32.2. The van der Waals surface area contributed by atoms with Gasteiger partial charge in [-0.25, -0.2) is 9.79 Å². The fourth-order valence-electron chi connectivity index (χ4n) is 2.24. The summed E-state index contributed by atoms with van der Waals surface area (Å²) in [5.41, 5.74) is 1.26. The van der Waals surface area contributed by atoms with E-state index in [9.17, 15) is 14.7 Å². The molecule has 0 saturated carbocycles. The Bertz CT molecular complexity index is 905. The third-order valence-electron chi connectivity index (χ3n) is 3.41. The molecular formula is C18H14N2O4S. The number of carboxylic acids is 1. The van der Waals surface area contributed by atoms with Gasteiger partial charge in [0.2, 0.25) is 0 Å². The summed E-state index contributed by atoms with van der Waals surface area (Å²) in [4.78, 5) is 28.2. The number of rotatable bonds is 4. The number of amidine groups is 1. The highest BCUT2D eigenvalue weighted by Gasteiger charge is 2.24. The summed E-state index contributed by atoms with van der Waals surface area (Å²) in [7, 11) is 1.57. The zero-order chi connectivity index (χ0) is 17.8. The summed E-state index contributed by atoms with van der Waals surface area (Å²) < 4.78 is 5.15. The largest absolute Gasteiger partial charge is 0.497 e. The Kier molecular flexibility index (Phi) is 4.85. The monoisotopic (exact) mass is 354 g/mol. The van der Waals surface area contributed by atoms with Crippen LogP contribution in [0.5, 0.6) is 5.75 Å².